The van der Waals surface area contributed by atoms with Crippen molar-refractivity contribution in [1.29, 1.82) is 0 Å². The van der Waals surface area contributed by atoms with Crippen LogP contribution in [0.5, 0.6) is 5.75 Å². The van der Waals surface area contributed by atoms with E-state index in [4.69, 9.17) is 9.47 Å². The highest BCUT2D eigenvalue weighted by Gasteiger charge is 2.27. The highest BCUT2D eigenvalue weighted by Crippen LogP contribution is 2.18. The van der Waals surface area contributed by atoms with Crippen LogP contribution in [-0.4, -0.2) is 64.4 Å². The smallest absolute Gasteiger partial charge is 0.289 e. The predicted octanol–water partition coefficient (Wildman–Crippen LogP) is -0.637. The van der Waals surface area contributed by atoms with Gasteiger partial charge in [-0.3, -0.25) is 4.79 Å². The van der Waals surface area contributed by atoms with Crippen molar-refractivity contribution in [3.63, 3.8) is 0 Å². The van der Waals surface area contributed by atoms with Gasteiger partial charge in [-0.2, -0.15) is 10.5 Å². The van der Waals surface area contributed by atoms with Crippen LogP contribution in [-0.2, 0) is 11.3 Å². The van der Waals surface area contributed by atoms with Crippen molar-refractivity contribution in [1.82, 2.24) is 25.9 Å². The van der Waals surface area contributed by atoms with E-state index < -0.39 is 11.9 Å². The topological polar surface area (TPSA) is 138 Å². The monoisotopic (exact) mass is 460 g/mol. The van der Waals surface area contributed by atoms with Gasteiger partial charge in [-0.15, -0.1) is 0 Å². The molecule has 1 saturated heterocycles. The summed E-state index contributed by atoms with van der Waals surface area (Å²) in [6.45, 7) is 2.73. The minimum Gasteiger partial charge on any atom is -0.494 e. The number of nitrogens with one attached hydrogen (secondary N) is 2. The molecule has 0 bridgehead atoms. The van der Waals surface area contributed by atoms with Crippen molar-refractivity contribution in [2.45, 2.75) is 38.5 Å². The summed E-state index contributed by atoms with van der Waals surface area (Å²) in [5.41, 5.74) is 6.15. The number of aliphatic hydroxyl groups excluding tert-OH is 1. The molecule has 2 aromatic rings. The maximum atomic E-state index is 13.6. The maximum Gasteiger partial charge on any atom is 0.289 e. The number of carbonyl (C=O) groups is 1. The van der Waals surface area contributed by atoms with Gasteiger partial charge in [0.05, 0.1) is 32.5 Å². The molecule has 11 nitrogen and oxygen atoms in total. The van der Waals surface area contributed by atoms with E-state index >= 15 is 0 Å². The molecule has 2 aliphatic rings. The fourth-order valence-corrected chi connectivity index (χ4v) is 3.57. The van der Waals surface area contributed by atoms with Crippen LogP contribution in [0.2, 0.25) is 0 Å². The number of amides is 1. The van der Waals surface area contributed by atoms with E-state index in [1.165, 1.54) is 19.2 Å². The van der Waals surface area contributed by atoms with Crippen molar-refractivity contribution < 1.29 is 29.2 Å². The summed E-state index contributed by atoms with van der Waals surface area (Å²) in [6, 6.07) is 5.97. The predicted molar refractivity (Wildman–Crippen MR) is 114 cm³/mol. The Bertz CT molecular complexity index is 1040. The largest absolute Gasteiger partial charge is 0.494 e. The van der Waals surface area contributed by atoms with Crippen LogP contribution in [0.25, 0.3) is 0 Å². The quantitative estimate of drug-likeness (QED) is 0.401. The molecule has 5 N–H and O–H groups in total. The number of aliphatic hydroxyl groups is 1. The minimum absolute atomic E-state index is 0.0315. The molecule has 2 aliphatic heterocycles. The Morgan fingerprint density at radius 2 is 2.24 bits per heavy atom. The number of hydrazine groups is 1. The van der Waals surface area contributed by atoms with Gasteiger partial charge in [0, 0.05) is 12.6 Å². The summed E-state index contributed by atoms with van der Waals surface area (Å²) in [4.78, 5) is 21.3. The number of methoxy groups -OCH3 is 1. The second-order valence-electron chi connectivity index (χ2n) is 7.86. The molecule has 3 heterocycles. The number of aromatic nitrogens is 2. The van der Waals surface area contributed by atoms with E-state index in [0.717, 1.165) is 6.42 Å². The number of rotatable bonds is 7. The molecule has 12 heteroatoms. The van der Waals surface area contributed by atoms with Crippen LogP contribution in [0.1, 0.15) is 40.4 Å². The number of aryl methyl sites for hydroxylation is 1. The molecular weight excluding hydrogens is 433 g/mol. The second-order valence-corrected chi connectivity index (χ2v) is 7.86. The van der Waals surface area contributed by atoms with Gasteiger partial charge in [-0.1, -0.05) is 16.7 Å². The van der Waals surface area contributed by atoms with Gasteiger partial charge in [-0.05, 0) is 37.5 Å². The molecule has 1 amide bonds. The molecule has 33 heavy (non-hydrogen) atoms. The number of hydrogen-bond donors (Lipinski definition) is 4. The van der Waals surface area contributed by atoms with E-state index in [2.05, 4.69) is 25.9 Å². The SMILES string of the molecule is COc1cc(CNC(=O)c2cc(C3=NN(C[C@@H]4CCC(O)CO4)N[NH2+]3)nc(C)n2)ccc1F. The van der Waals surface area contributed by atoms with Crippen LogP contribution < -0.4 is 21.0 Å². The summed E-state index contributed by atoms with van der Waals surface area (Å²) >= 11 is 0. The van der Waals surface area contributed by atoms with E-state index in [1.807, 2.05) is 0 Å². The molecule has 1 aromatic heterocycles. The van der Waals surface area contributed by atoms with Gasteiger partial charge >= 0.3 is 0 Å². The van der Waals surface area contributed by atoms with Crippen molar-refractivity contribution in [3.8, 4) is 5.75 Å². The third kappa shape index (κ3) is 5.79. The standard InChI is InChI=1S/C21H26FN7O4/c1-12-24-17(20-26-28-29(27-20)10-15-5-4-14(30)11-33-15)8-18(25-12)21(31)23-9-13-3-6-16(22)19(7-13)32-2/h3,6-8,14-15,28,30H,4-5,9-11H2,1-2H3,(H,23,31)(H,26,27)/p+1/t14?,15-/m0/s1. The Kier molecular flexibility index (Phi) is 7.08. The first kappa shape index (κ1) is 23.0. The van der Waals surface area contributed by atoms with Gasteiger partial charge in [0.2, 0.25) is 0 Å². The first-order chi connectivity index (χ1) is 15.9. The highest BCUT2D eigenvalue weighted by atomic mass is 19.1. The summed E-state index contributed by atoms with van der Waals surface area (Å²) in [7, 11) is 1.39. The average molecular weight is 460 g/mol. The Balaban J connectivity index is 1.40. The summed E-state index contributed by atoms with van der Waals surface area (Å²) in [5, 5.41) is 18.5. The van der Waals surface area contributed by atoms with Crippen LogP contribution in [0.15, 0.2) is 29.4 Å². The van der Waals surface area contributed by atoms with E-state index in [0.29, 0.717) is 42.5 Å². The van der Waals surface area contributed by atoms with Gasteiger partial charge in [0.15, 0.2) is 17.3 Å². The summed E-state index contributed by atoms with van der Waals surface area (Å²) in [6.07, 6.45) is 1.02. The first-order valence-electron chi connectivity index (χ1n) is 10.6. The van der Waals surface area contributed by atoms with E-state index in [9.17, 15) is 14.3 Å². The van der Waals surface area contributed by atoms with Crippen LogP contribution >= 0.6 is 0 Å². The number of benzene rings is 1. The molecule has 176 valence electrons. The van der Waals surface area contributed by atoms with Crippen molar-refractivity contribution in [2.24, 2.45) is 5.10 Å². The average Bonchev–Trinajstić information content (AvgIpc) is 3.28. The summed E-state index contributed by atoms with van der Waals surface area (Å²) < 4.78 is 24.2. The number of carbonyl (C=O) groups excluding carboxylic acids is 1. The van der Waals surface area contributed by atoms with Crippen LogP contribution in [0.4, 0.5) is 4.39 Å². The molecular formula is C21H27FN7O4+. The molecule has 1 aromatic carbocycles. The lowest BCUT2D eigenvalue weighted by Crippen LogP contribution is -2.95. The van der Waals surface area contributed by atoms with Gasteiger partial charge in [-0.25, -0.2) is 14.4 Å². The molecule has 0 spiro atoms. The van der Waals surface area contributed by atoms with Crippen molar-refractivity contribution in [3.05, 3.63) is 52.9 Å². The molecule has 4 rings (SSSR count). The lowest BCUT2D eigenvalue weighted by molar-refractivity contribution is -0.619. The van der Waals surface area contributed by atoms with Gasteiger partial charge in [0.1, 0.15) is 11.5 Å². The number of nitrogens with two attached hydrogens (primary N) is 1. The Morgan fingerprint density at radius 3 is 3.00 bits per heavy atom. The summed E-state index contributed by atoms with van der Waals surface area (Å²) in [5.74, 6) is 0.257. The lowest BCUT2D eigenvalue weighted by Gasteiger charge is -2.27. The lowest BCUT2D eigenvalue weighted by atomic mass is 10.1. The number of hydrazone groups is 1. The van der Waals surface area contributed by atoms with E-state index in [-0.39, 0.29) is 30.0 Å². The Labute approximate surface area is 189 Å². The third-order valence-corrected chi connectivity index (χ3v) is 5.30. The highest BCUT2D eigenvalue weighted by molar-refractivity contribution is 5.96. The van der Waals surface area contributed by atoms with Gasteiger partial charge < -0.3 is 19.9 Å². The molecule has 0 saturated carbocycles. The number of quaternary nitrogens is 1. The van der Waals surface area contributed by atoms with Crippen molar-refractivity contribution in [2.75, 3.05) is 20.3 Å². The normalized spacial score (nSPS) is 20.5. The second kappa shape index (κ2) is 10.2. The fraction of sp³-hybridized carbons (Fsp3) is 0.429. The number of halogens is 1. The zero-order chi connectivity index (χ0) is 23.4. The third-order valence-electron chi connectivity index (χ3n) is 5.30. The molecule has 0 radical (unpaired) electrons. The molecule has 2 atom stereocenters. The molecule has 1 unspecified atom stereocenters. The maximum absolute atomic E-state index is 13.6. The zero-order valence-corrected chi connectivity index (χ0v) is 18.4. The Morgan fingerprint density at radius 1 is 1.39 bits per heavy atom. The fourth-order valence-electron chi connectivity index (χ4n) is 3.57. The number of hydrogen-bond acceptors (Lipinski definition) is 9. The molecule has 1 fully saturated rings. The zero-order valence-electron chi connectivity index (χ0n) is 18.4. The molecule has 0 aliphatic carbocycles. The number of nitrogens with zero attached hydrogens (tertiary/aromatic N) is 4. The van der Waals surface area contributed by atoms with Crippen LogP contribution in [0.3, 0.4) is 0 Å². The Hall–Kier alpha value is -3.19. The van der Waals surface area contributed by atoms with Crippen LogP contribution in [0, 0.1) is 12.7 Å². The number of amidine groups is 1. The first-order valence-corrected chi connectivity index (χ1v) is 10.6. The van der Waals surface area contributed by atoms with Crippen molar-refractivity contribution >= 4 is 11.7 Å². The van der Waals surface area contributed by atoms with Gasteiger partial charge in [0.25, 0.3) is 11.7 Å². The van der Waals surface area contributed by atoms with E-state index in [1.54, 1.807) is 29.6 Å². The minimum atomic E-state index is -0.465. The number of ether oxygens (including phenoxy) is 2.